The maximum absolute atomic E-state index is 5.47. The van der Waals surface area contributed by atoms with Crippen LogP contribution in [-0.4, -0.2) is 4.98 Å². The average Bonchev–Trinajstić information content (AvgIpc) is 2.66. The zero-order chi connectivity index (χ0) is 10.5. The third-order valence-corrected chi connectivity index (χ3v) is 2.24. The Morgan fingerprint density at radius 2 is 2.20 bits per heavy atom. The highest BCUT2D eigenvalue weighted by Crippen LogP contribution is 2.03. The molecule has 0 atom stereocenters. The van der Waals surface area contributed by atoms with Gasteiger partial charge >= 0.3 is 0 Å². The monoisotopic (exact) mass is 203 g/mol. The van der Waals surface area contributed by atoms with Gasteiger partial charge in [-0.25, -0.2) is 0 Å². The van der Waals surface area contributed by atoms with E-state index >= 15 is 0 Å². The molecule has 2 aromatic rings. The van der Waals surface area contributed by atoms with E-state index in [2.05, 4.69) is 16.4 Å². The van der Waals surface area contributed by atoms with Crippen LogP contribution < -0.4 is 5.32 Å². The van der Waals surface area contributed by atoms with E-state index in [0.29, 0.717) is 0 Å². The molecule has 2 N–H and O–H groups in total. The van der Waals surface area contributed by atoms with E-state index < -0.39 is 0 Å². The number of rotatable bonds is 4. The van der Waals surface area contributed by atoms with Crippen molar-refractivity contribution >= 4 is 0 Å². The lowest BCUT2D eigenvalue weighted by atomic mass is 10.3. The smallest absolute Gasteiger partial charge is 0.158 e. The van der Waals surface area contributed by atoms with Gasteiger partial charge in [0.25, 0.3) is 0 Å². The molecule has 0 saturated carbocycles. The topological polar surface area (TPSA) is 42.6 Å². The van der Waals surface area contributed by atoms with Crippen LogP contribution in [0.2, 0.25) is 0 Å². The Kier molecular flexibility index (Phi) is 3.15. The highest BCUT2D eigenvalue weighted by molar-refractivity contribution is 5.06. The number of nitrogens with two attached hydrogens (primary N) is 1. The van der Waals surface area contributed by atoms with Crippen molar-refractivity contribution in [3.05, 3.63) is 53.7 Å². The molecule has 0 aromatic carbocycles. The normalized spacial score (nSPS) is 10.5. The molecule has 78 valence electrons. The summed E-state index contributed by atoms with van der Waals surface area (Å²) in [7, 11) is 0. The van der Waals surface area contributed by atoms with Crippen LogP contribution in [0.5, 0.6) is 0 Å². The summed E-state index contributed by atoms with van der Waals surface area (Å²) in [5, 5.41) is 2.20. The second-order valence-electron chi connectivity index (χ2n) is 3.57. The molecule has 2 rings (SSSR count). The van der Waals surface area contributed by atoms with Crippen LogP contribution in [-0.2, 0) is 13.1 Å². The first kappa shape index (κ1) is 9.93. The van der Waals surface area contributed by atoms with Crippen LogP contribution in [0.1, 0.15) is 17.1 Å². The molecule has 3 heteroatoms. The molecular weight excluding hydrogens is 188 g/mol. The van der Waals surface area contributed by atoms with E-state index in [1.807, 2.05) is 31.3 Å². The Morgan fingerprint density at radius 3 is 2.87 bits per heavy atom. The summed E-state index contributed by atoms with van der Waals surface area (Å²) in [6.07, 6.45) is 3.68. The Hall–Kier alpha value is -1.61. The molecule has 2 heterocycles. The second-order valence-corrected chi connectivity index (χ2v) is 3.57. The van der Waals surface area contributed by atoms with Crippen molar-refractivity contribution in [2.24, 2.45) is 0 Å². The summed E-state index contributed by atoms with van der Waals surface area (Å²) in [5.74, 6) is 2.00. The van der Waals surface area contributed by atoms with Gasteiger partial charge in [-0.15, -0.1) is 0 Å². The lowest BCUT2D eigenvalue weighted by Crippen LogP contribution is -2.80. The molecule has 0 unspecified atom stereocenters. The Morgan fingerprint density at radius 1 is 1.27 bits per heavy atom. The zero-order valence-corrected chi connectivity index (χ0v) is 8.81. The number of quaternary nitrogens is 1. The summed E-state index contributed by atoms with van der Waals surface area (Å²) in [6.45, 7) is 3.78. The van der Waals surface area contributed by atoms with Gasteiger partial charge in [0.05, 0.1) is 0 Å². The number of aromatic nitrogens is 1. The molecule has 0 aliphatic rings. The van der Waals surface area contributed by atoms with Crippen LogP contribution in [0.4, 0.5) is 0 Å². The number of hydrogen-bond donors (Lipinski definition) is 1. The molecule has 15 heavy (non-hydrogen) atoms. The molecule has 0 saturated heterocycles. The SMILES string of the molecule is Cc1ccc(C[NH2+]Cc2cccnc2)o1. The van der Waals surface area contributed by atoms with E-state index in [0.717, 1.165) is 24.6 Å². The lowest BCUT2D eigenvalue weighted by molar-refractivity contribution is -0.688. The number of aryl methyl sites for hydroxylation is 1. The second kappa shape index (κ2) is 4.75. The number of furan rings is 1. The van der Waals surface area contributed by atoms with E-state index in [1.165, 1.54) is 5.56 Å². The van der Waals surface area contributed by atoms with Crippen molar-refractivity contribution in [2.45, 2.75) is 20.0 Å². The molecule has 0 aliphatic carbocycles. The van der Waals surface area contributed by atoms with E-state index in [4.69, 9.17) is 4.42 Å². The maximum Gasteiger partial charge on any atom is 0.158 e. The zero-order valence-electron chi connectivity index (χ0n) is 8.81. The van der Waals surface area contributed by atoms with Gasteiger partial charge in [0.2, 0.25) is 0 Å². The van der Waals surface area contributed by atoms with Crippen LogP contribution in [0.15, 0.2) is 41.1 Å². The van der Waals surface area contributed by atoms with Crippen molar-refractivity contribution in [1.29, 1.82) is 0 Å². The van der Waals surface area contributed by atoms with Crippen molar-refractivity contribution in [3.8, 4) is 0 Å². The highest BCUT2D eigenvalue weighted by Gasteiger charge is 2.00. The number of pyridine rings is 1. The standard InChI is InChI=1S/C12H14N2O/c1-10-4-5-12(15-10)9-14-8-11-3-2-6-13-7-11/h2-7,14H,8-9H2,1H3/p+1. The molecule has 0 fully saturated rings. The van der Waals surface area contributed by atoms with Crippen LogP contribution in [0, 0.1) is 6.92 Å². The van der Waals surface area contributed by atoms with Crippen molar-refractivity contribution in [3.63, 3.8) is 0 Å². The quantitative estimate of drug-likeness (QED) is 0.812. The Bertz CT molecular complexity index is 409. The van der Waals surface area contributed by atoms with Gasteiger partial charge in [0, 0.05) is 18.0 Å². The lowest BCUT2D eigenvalue weighted by Gasteiger charge is -1.98. The predicted octanol–water partition coefficient (Wildman–Crippen LogP) is 1.25. The summed E-state index contributed by atoms with van der Waals surface area (Å²) in [5.41, 5.74) is 1.24. The number of hydrogen-bond acceptors (Lipinski definition) is 2. The molecule has 0 amide bonds. The van der Waals surface area contributed by atoms with Gasteiger partial charge < -0.3 is 9.73 Å². The molecule has 0 bridgehead atoms. The molecule has 3 nitrogen and oxygen atoms in total. The first-order valence-electron chi connectivity index (χ1n) is 5.10. The van der Waals surface area contributed by atoms with Crippen LogP contribution in [0.25, 0.3) is 0 Å². The Balaban J connectivity index is 1.80. The molecule has 0 aliphatic heterocycles. The summed E-state index contributed by atoms with van der Waals surface area (Å²) >= 11 is 0. The van der Waals surface area contributed by atoms with Crippen LogP contribution in [0.3, 0.4) is 0 Å². The first-order chi connectivity index (χ1) is 7.34. The summed E-state index contributed by atoms with van der Waals surface area (Å²) in [4.78, 5) is 4.07. The third kappa shape index (κ3) is 2.92. The number of nitrogens with zero attached hydrogens (tertiary/aromatic N) is 1. The van der Waals surface area contributed by atoms with Gasteiger partial charge in [-0.05, 0) is 25.1 Å². The fraction of sp³-hybridized carbons (Fsp3) is 0.250. The minimum absolute atomic E-state index is 0.878. The van der Waals surface area contributed by atoms with Crippen LogP contribution >= 0.6 is 0 Å². The highest BCUT2D eigenvalue weighted by atomic mass is 16.3. The van der Waals surface area contributed by atoms with E-state index in [1.54, 1.807) is 6.20 Å². The minimum Gasteiger partial charge on any atom is -0.460 e. The van der Waals surface area contributed by atoms with Crippen molar-refractivity contribution in [2.75, 3.05) is 0 Å². The Labute approximate surface area is 89.1 Å². The van der Waals surface area contributed by atoms with E-state index in [-0.39, 0.29) is 0 Å². The summed E-state index contributed by atoms with van der Waals surface area (Å²) < 4.78 is 5.47. The van der Waals surface area contributed by atoms with Gasteiger partial charge in [-0.3, -0.25) is 4.98 Å². The van der Waals surface area contributed by atoms with Gasteiger partial charge in [0.1, 0.15) is 18.8 Å². The summed E-state index contributed by atoms with van der Waals surface area (Å²) in [6, 6.07) is 8.05. The average molecular weight is 203 g/mol. The fourth-order valence-corrected chi connectivity index (χ4v) is 1.49. The first-order valence-corrected chi connectivity index (χ1v) is 5.10. The molecular formula is C12H15N2O+. The van der Waals surface area contributed by atoms with Gasteiger partial charge in [-0.2, -0.15) is 0 Å². The molecule has 0 spiro atoms. The molecule has 0 radical (unpaired) electrons. The molecule has 2 aromatic heterocycles. The van der Waals surface area contributed by atoms with E-state index in [9.17, 15) is 0 Å². The maximum atomic E-state index is 5.47. The minimum atomic E-state index is 0.878. The van der Waals surface area contributed by atoms with Crippen molar-refractivity contribution in [1.82, 2.24) is 4.98 Å². The third-order valence-electron chi connectivity index (χ3n) is 2.24. The fourth-order valence-electron chi connectivity index (χ4n) is 1.49. The van der Waals surface area contributed by atoms with Gasteiger partial charge in [0.15, 0.2) is 5.76 Å². The predicted molar refractivity (Wildman–Crippen MR) is 57.0 cm³/mol. The van der Waals surface area contributed by atoms with Gasteiger partial charge in [-0.1, -0.05) is 6.07 Å². The largest absolute Gasteiger partial charge is 0.460 e. The van der Waals surface area contributed by atoms with Crippen molar-refractivity contribution < 1.29 is 9.73 Å².